The van der Waals surface area contributed by atoms with Gasteiger partial charge in [0.2, 0.25) is 5.95 Å². The van der Waals surface area contributed by atoms with E-state index in [4.69, 9.17) is 16.3 Å². The van der Waals surface area contributed by atoms with E-state index in [-0.39, 0.29) is 0 Å². The Balaban J connectivity index is 0.000000360. The molecule has 1 aliphatic heterocycles. The van der Waals surface area contributed by atoms with Crippen molar-refractivity contribution in [3.63, 3.8) is 0 Å². The zero-order valence-corrected chi connectivity index (χ0v) is 22.6. The van der Waals surface area contributed by atoms with Crippen LogP contribution >= 0.6 is 11.6 Å². The van der Waals surface area contributed by atoms with Gasteiger partial charge in [-0.05, 0) is 62.7 Å². The Bertz CT molecular complexity index is 1320. The van der Waals surface area contributed by atoms with Crippen LogP contribution in [0.2, 0.25) is 5.02 Å². The number of aryl methyl sites for hydroxylation is 3. The van der Waals surface area contributed by atoms with Crippen LogP contribution in [0, 0.1) is 20.8 Å². The van der Waals surface area contributed by atoms with E-state index in [1.807, 2.05) is 62.4 Å². The number of anilines is 4. The third-order valence-electron chi connectivity index (χ3n) is 5.72. The van der Waals surface area contributed by atoms with Gasteiger partial charge in [0.1, 0.15) is 5.82 Å². The summed E-state index contributed by atoms with van der Waals surface area (Å²) in [4.78, 5) is 15.5. The van der Waals surface area contributed by atoms with Crippen molar-refractivity contribution in [2.45, 2.75) is 20.8 Å². The molecule has 0 saturated carbocycles. The van der Waals surface area contributed by atoms with Crippen molar-refractivity contribution in [2.75, 3.05) is 41.9 Å². The Morgan fingerprint density at radius 2 is 1.66 bits per heavy atom. The zero-order chi connectivity index (χ0) is 26.7. The molecule has 0 spiro atoms. The quantitative estimate of drug-likeness (QED) is 0.228. The molecule has 5 rings (SSSR count). The van der Waals surface area contributed by atoms with Gasteiger partial charge in [0.25, 0.3) is 0 Å². The highest BCUT2D eigenvalue weighted by atomic mass is 35.5. The summed E-state index contributed by atoms with van der Waals surface area (Å²) in [5.74, 6) is 1.37. The first-order chi connectivity index (χ1) is 18.5. The van der Waals surface area contributed by atoms with Gasteiger partial charge in [-0.3, -0.25) is 4.98 Å². The molecule has 1 fully saturated rings. The van der Waals surface area contributed by atoms with Crippen LogP contribution in [0.15, 0.2) is 78.2 Å². The van der Waals surface area contributed by atoms with Gasteiger partial charge in [0, 0.05) is 35.6 Å². The van der Waals surface area contributed by atoms with Crippen molar-refractivity contribution in [1.29, 1.82) is 0 Å². The average Bonchev–Trinajstić information content (AvgIpc) is 2.93. The van der Waals surface area contributed by atoms with E-state index in [9.17, 15) is 0 Å². The molecule has 38 heavy (non-hydrogen) atoms. The fraction of sp³-hybridized carbons (Fsp3) is 0.241. The normalized spacial score (nSPS) is 13.1. The first-order valence-electron chi connectivity index (χ1n) is 12.4. The van der Waals surface area contributed by atoms with Crippen LogP contribution in [0.1, 0.15) is 22.4 Å². The molecule has 0 amide bonds. The topological polar surface area (TPSA) is 87.6 Å². The molecule has 0 bridgehead atoms. The van der Waals surface area contributed by atoms with Crippen molar-refractivity contribution in [1.82, 2.24) is 15.0 Å². The van der Waals surface area contributed by atoms with Gasteiger partial charge in [-0.1, -0.05) is 41.4 Å². The van der Waals surface area contributed by atoms with Crippen molar-refractivity contribution >= 4 is 41.0 Å². The minimum absolute atomic E-state index is 0.455. The first kappa shape index (κ1) is 27.0. The molecule has 2 aromatic carbocycles. The number of pyridine rings is 1. The van der Waals surface area contributed by atoms with E-state index in [0.717, 1.165) is 46.6 Å². The monoisotopic (exact) mass is 529 g/mol. The number of aromatic nitrogens is 3. The lowest BCUT2D eigenvalue weighted by Gasteiger charge is -2.28. The summed E-state index contributed by atoms with van der Waals surface area (Å²) in [6.45, 7) is 9.18. The molecule has 3 heterocycles. The molecule has 1 aliphatic rings. The Hall–Kier alpha value is -4.01. The highest BCUT2D eigenvalue weighted by Crippen LogP contribution is 2.19. The van der Waals surface area contributed by atoms with Gasteiger partial charge in [-0.25, -0.2) is 10.4 Å². The molecule has 9 heteroatoms. The van der Waals surface area contributed by atoms with Gasteiger partial charge in [0.05, 0.1) is 37.0 Å². The van der Waals surface area contributed by atoms with Crippen LogP contribution in [-0.4, -0.2) is 47.5 Å². The van der Waals surface area contributed by atoms with Gasteiger partial charge < -0.3 is 15.0 Å². The third-order valence-corrected chi connectivity index (χ3v) is 5.96. The van der Waals surface area contributed by atoms with E-state index < -0.39 is 0 Å². The lowest BCUT2D eigenvalue weighted by molar-refractivity contribution is 0.122. The minimum atomic E-state index is 0.455. The number of hydrogen-bond donors (Lipinski definition) is 2. The Morgan fingerprint density at radius 3 is 2.32 bits per heavy atom. The number of ether oxygens (including phenoxy) is 1. The Kier molecular flexibility index (Phi) is 9.61. The molecule has 8 nitrogen and oxygen atoms in total. The molecule has 4 aromatic rings. The number of rotatable bonds is 6. The summed E-state index contributed by atoms with van der Waals surface area (Å²) < 4.78 is 5.42. The Morgan fingerprint density at radius 1 is 0.895 bits per heavy atom. The smallest absolute Gasteiger partial charge is 0.245 e. The summed E-state index contributed by atoms with van der Waals surface area (Å²) in [6, 6.07) is 19.9. The SMILES string of the molecule is Cc1ccc(Nc2ccc(/C=N/Nc3ncc(C)c(N4CCOCC4)n3)nc2)cc1.Cc1cccc(Cl)c1. The predicted octanol–water partition coefficient (Wildman–Crippen LogP) is 6.16. The second kappa shape index (κ2) is 13.5. The lowest BCUT2D eigenvalue weighted by Crippen LogP contribution is -2.37. The molecule has 0 atom stereocenters. The third kappa shape index (κ3) is 8.26. The van der Waals surface area contributed by atoms with Crippen molar-refractivity contribution < 1.29 is 4.74 Å². The maximum absolute atomic E-state index is 5.64. The number of benzene rings is 2. The van der Waals surface area contributed by atoms with Crippen molar-refractivity contribution in [2.24, 2.45) is 5.10 Å². The highest BCUT2D eigenvalue weighted by molar-refractivity contribution is 6.30. The van der Waals surface area contributed by atoms with Gasteiger partial charge in [0.15, 0.2) is 0 Å². The maximum Gasteiger partial charge on any atom is 0.245 e. The number of hydrazone groups is 1. The zero-order valence-electron chi connectivity index (χ0n) is 21.9. The van der Waals surface area contributed by atoms with Crippen molar-refractivity contribution in [3.8, 4) is 0 Å². The number of hydrogen-bond acceptors (Lipinski definition) is 8. The van der Waals surface area contributed by atoms with Gasteiger partial charge in [-0.2, -0.15) is 10.1 Å². The molecule has 0 unspecified atom stereocenters. The summed E-state index contributed by atoms with van der Waals surface area (Å²) in [5.41, 5.74) is 9.04. The van der Waals surface area contributed by atoms with E-state index in [0.29, 0.717) is 19.2 Å². The fourth-order valence-electron chi connectivity index (χ4n) is 3.70. The minimum Gasteiger partial charge on any atom is -0.378 e. The summed E-state index contributed by atoms with van der Waals surface area (Å²) in [5, 5.41) is 8.36. The van der Waals surface area contributed by atoms with Crippen LogP contribution in [0.5, 0.6) is 0 Å². The second-order valence-electron chi connectivity index (χ2n) is 8.93. The van der Waals surface area contributed by atoms with Crippen LogP contribution in [0.25, 0.3) is 0 Å². The number of halogens is 1. The average molecular weight is 530 g/mol. The van der Waals surface area contributed by atoms with E-state index >= 15 is 0 Å². The van der Waals surface area contributed by atoms with Crippen LogP contribution in [0.3, 0.4) is 0 Å². The van der Waals surface area contributed by atoms with E-state index in [2.05, 4.69) is 54.8 Å². The predicted molar refractivity (Wildman–Crippen MR) is 156 cm³/mol. The van der Waals surface area contributed by atoms with Gasteiger partial charge >= 0.3 is 0 Å². The summed E-state index contributed by atoms with van der Waals surface area (Å²) >= 11 is 5.64. The number of morpholine rings is 1. The number of nitrogens with zero attached hydrogens (tertiary/aromatic N) is 5. The maximum atomic E-state index is 5.64. The molecule has 0 aliphatic carbocycles. The standard InChI is InChI=1S/C22H25N7O.C7H7Cl/c1-16-3-5-18(6-4-16)26-20-8-7-19(23-14-20)15-25-28-22-24-13-17(2)21(27-22)29-9-11-30-12-10-29;1-6-3-2-4-7(8)5-6/h3-8,13-15,26H,9-12H2,1-2H3,(H,24,27,28);2-5H,1H3/b25-15+;. The summed E-state index contributed by atoms with van der Waals surface area (Å²) in [7, 11) is 0. The molecule has 196 valence electrons. The second-order valence-corrected chi connectivity index (χ2v) is 9.37. The molecule has 2 N–H and O–H groups in total. The van der Waals surface area contributed by atoms with Crippen LogP contribution < -0.4 is 15.6 Å². The highest BCUT2D eigenvalue weighted by Gasteiger charge is 2.15. The van der Waals surface area contributed by atoms with Crippen LogP contribution in [0.4, 0.5) is 23.1 Å². The molecule has 1 saturated heterocycles. The van der Waals surface area contributed by atoms with E-state index in [1.54, 1.807) is 18.6 Å². The first-order valence-corrected chi connectivity index (χ1v) is 12.8. The van der Waals surface area contributed by atoms with E-state index in [1.165, 1.54) is 11.1 Å². The largest absolute Gasteiger partial charge is 0.378 e. The van der Waals surface area contributed by atoms with Crippen LogP contribution in [-0.2, 0) is 4.74 Å². The van der Waals surface area contributed by atoms with Crippen molar-refractivity contribution in [3.05, 3.63) is 100 Å². The molecular weight excluding hydrogens is 498 g/mol. The fourth-order valence-corrected chi connectivity index (χ4v) is 3.95. The molecule has 0 radical (unpaired) electrons. The van der Waals surface area contributed by atoms with Gasteiger partial charge in [-0.15, -0.1) is 0 Å². The molecule has 2 aromatic heterocycles. The molecular formula is C29H32ClN7O. The number of nitrogens with one attached hydrogen (secondary N) is 2. The Labute approximate surface area is 228 Å². The lowest BCUT2D eigenvalue weighted by atomic mass is 10.2. The summed E-state index contributed by atoms with van der Waals surface area (Å²) in [6.07, 6.45) is 5.23.